The maximum absolute atomic E-state index is 11.7. The van der Waals surface area contributed by atoms with Crippen LogP contribution in [0.25, 0.3) is 0 Å². The van der Waals surface area contributed by atoms with Gasteiger partial charge in [-0.1, -0.05) is 0 Å². The van der Waals surface area contributed by atoms with E-state index in [-0.39, 0.29) is 24.1 Å². The van der Waals surface area contributed by atoms with Crippen molar-refractivity contribution in [1.29, 1.82) is 0 Å². The Hall–Kier alpha value is -1.69. The van der Waals surface area contributed by atoms with Gasteiger partial charge in [0.15, 0.2) is 0 Å². The fourth-order valence-electron chi connectivity index (χ4n) is 3.52. The van der Waals surface area contributed by atoms with Crippen LogP contribution in [0.1, 0.15) is 32.1 Å². The number of nitrogens with zero attached hydrogens (tertiary/aromatic N) is 3. The number of anilines is 1. The second kappa shape index (κ2) is 5.97. The van der Waals surface area contributed by atoms with Crippen LogP contribution in [-0.4, -0.2) is 47.7 Å². The van der Waals surface area contributed by atoms with Gasteiger partial charge in [0.2, 0.25) is 11.9 Å². The van der Waals surface area contributed by atoms with E-state index in [1.54, 1.807) is 19.5 Å². The van der Waals surface area contributed by atoms with Gasteiger partial charge in [0.1, 0.15) is 6.61 Å². The lowest BCUT2D eigenvalue weighted by molar-refractivity contribution is -0.125. The highest BCUT2D eigenvalue weighted by Gasteiger charge is 2.47. The van der Waals surface area contributed by atoms with Gasteiger partial charge < -0.3 is 15.0 Å². The fourth-order valence-corrected chi connectivity index (χ4v) is 3.52. The molecule has 1 saturated carbocycles. The number of amides is 1. The number of hydrogen-bond donors (Lipinski definition) is 1. The third-order valence-corrected chi connectivity index (χ3v) is 4.62. The molecule has 2 fully saturated rings. The van der Waals surface area contributed by atoms with Crippen molar-refractivity contribution in [2.45, 2.75) is 43.7 Å². The van der Waals surface area contributed by atoms with E-state index in [0.717, 1.165) is 38.2 Å². The first-order chi connectivity index (χ1) is 10.2. The Labute approximate surface area is 124 Å². The van der Waals surface area contributed by atoms with Crippen LogP contribution in [0.5, 0.6) is 0 Å². The summed E-state index contributed by atoms with van der Waals surface area (Å²) in [5.74, 6) is 0.792. The van der Waals surface area contributed by atoms with Crippen LogP contribution >= 0.6 is 0 Å². The highest BCUT2D eigenvalue weighted by molar-refractivity contribution is 5.77. The highest BCUT2D eigenvalue weighted by Crippen LogP contribution is 2.45. The molecule has 1 amide bonds. The molecule has 2 aliphatic rings. The fraction of sp³-hybridized carbons (Fsp3) is 0.667. The normalized spacial score (nSPS) is 23.7. The summed E-state index contributed by atoms with van der Waals surface area (Å²) < 4.78 is 4.89. The zero-order chi connectivity index (χ0) is 14.7. The van der Waals surface area contributed by atoms with Crippen LogP contribution in [0, 0.1) is 0 Å². The standard InChI is InChI=1S/C15H22N4O2/c1-21-11-13(20)18-12-4-9-19(14-16-7-3-8-17-14)15(10-12)5-2-6-15/h3,7-8,12H,2,4-6,9-11H2,1H3,(H,18,20). The Bertz CT molecular complexity index is 490. The number of carbonyl (C=O) groups excluding carboxylic acids is 1. The van der Waals surface area contributed by atoms with Gasteiger partial charge >= 0.3 is 0 Å². The van der Waals surface area contributed by atoms with Crippen molar-refractivity contribution in [1.82, 2.24) is 15.3 Å². The van der Waals surface area contributed by atoms with E-state index < -0.39 is 0 Å². The molecule has 0 aromatic carbocycles. The minimum Gasteiger partial charge on any atom is -0.375 e. The van der Waals surface area contributed by atoms with E-state index in [1.807, 2.05) is 6.07 Å². The molecule has 0 radical (unpaired) electrons. The van der Waals surface area contributed by atoms with E-state index >= 15 is 0 Å². The van der Waals surface area contributed by atoms with E-state index in [2.05, 4.69) is 20.2 Å². The van der Waals surface area contributed by atoms with E-state index in [1.165, 1.54) is 6.42 Å². The maximum atomic E-state index is 11.7. The van der Waals surface area contributed by atoms with Crippen molar-refractivity contribution in [3.8, 4) is 0 Å². The van der Waals surface area contributed by atoms with Gasteiger partial charge in [0.25, 0.3) is 0 Å². The Balaban J connectivity index is 1.69. The first-order valence-corrected chi connectivity index (χ1v) is 7.56. The number of carbonyl (C=O) groups is 1. The largest absolute Gasteiger partial charge is 0.375 e. The molecule has 1 saturated heterocycles. The number of piperidine rings is 1. The van der Waals surface area contributed by atoms with Crippen LogP contribution in [-0.2, 0) is 9.53 Å². The van der Waals surface area contributed by atoms with Crippen LogP contribution in [0.4, 0.5) is 5.95 Å². The number of nitrogens with one attached hydrogen (secondary N) is 1. The van der Waals surface area contributed by atoms with Crippen molar-refractivity contribution >= 4 is 11.9 Å². The van der Waals surface area contributed by atoms with Crippen LogP contribution in [0.2, 0.25) is 0 Å². The lowest BCUT2D eigenvalue weighted by atomic mass is 9.69. The molecule has 1 aromatic heterocycles. The summed E-state index contributed by atoms with van der Waals surface area (Å²) in [4.78, 5) is 22.9. The number of ether oxygens (including phenoxy) is 1. The molecule has 0 bridgehead atoms. The first kappa shape index (κ1) is 14.3. The molecule has 1 atom stereocenters. The molecule has 1 spiro atoms. The van der Waals surface area contributed by atoms with E-state index in [4.69, 9.17) is 4.74 Å². The molecule has 1 aliphatic carbocycles. The van der Waals surface area contributed by atoms with Gasteiger partial charge in [-0.25, -0.2) is 9.97 Å². The van der Waals surface area contributed by atoms with E-state index in [9.17, 15) is 4.79 Å². The summed E-state index contributed by atoms with van der Waals surface area (Å²) in [5, 5.41) is 3.08. The second-order valence-corrected chi connectivity index (χ2v) is 5.97. The molecular formula is C15H22N4O2. The maximum Gasteiger partial charge on any atom is 0.246 e. The van der Waals surface area contributed by atoms with Crippen molar-refractivity contribution < 1.29 is 9.53 Å². The Morgan fingerprint density at radius 2 is 2.24 bits per heavy atom. The van der Waals surface area contributed by atoms with Crippen LogP contribution < -0.4 is 10.2 Å². The summed E-state index contributed by atoms with van der Waals surface area (Å²) in [6.45, 7) is 1.02. The van der Waals surface area contributed by atoms with Crippen LogP contribution in [0.3, 0.4) is 0 Å². The zero-order valence-electron chi connectivity index (χ0n) is 12.4. The lowest BCUT2D eigenvalue weighted by Crippen LogP contribution is -2.62. The summed E-state index contributed by atoms with van der Waals surface area (Å²) in [5.41, 5.74) is 0.130. The summed E-state index contributed by atoms with van der Waals surface area (Å²) in [6, 6.07) is 2.07. The van der Waals surface area contributed by atoms with Gasteiger partial charge in [-0.15, -0.1) is 0 Å². The summed E-state index contributed by atoms with van der Waals surface area (Å²) in [7, 11) is 1.54. The molecule has 6 heteroatoms. The zero-order valence-corrected chi connectivity index (χ0v) is 12.4. The third kappa shape index (κ3) is 2.85. The van der Waals surface area contributed by atoms with E-state index in [0.29, 0.717) is 0 Å². The summed E-state index contributed by atoms with van der Waals surface area (Å²) >= 11 is 0. The van der Waals surface area contributed by atoms with Crippen molar-refractivity contribution in [3.05, 3.63) is 18.5 Å². The van der Waals surface area contributed by atoms with Crippen molar-refractivity contribution in [2.75, 3.05) is 25.2 Å². The first-order valence-electron chi connectivity index (χ1n) is 7.56. The monoisotopic (exact) mass is 290 g/mol. The predicted octanol–water partition coefficient (Wildman–Crippen LogP) is 1.13. The SMILES string of the molecule is COCC(=O)NC1CCN(c2ncccn2)C2(CCC2)C1. The minimum absolute atomic E-state index is 0.0265. The lowest BCUT2D eigenvalue weighted by Gasteiger charge is -2.55. The van der Waals surface area contributed by atoms with Crippen molar-refractivity contribution in [3.63, 3.8) is 0 Å². The average Bonchev–Trinajstić information content (AvgIpc) is 2.46. The quantitative estimate of drug-likeness (QED) is 0.900. The molecule has 2 heterocycles. The van der Waals surface area contributed by atoms with Gasteiger partial charge in [-0.05, 0) is 38.2 Å². The Morgan fingerprint density at radius 3 is 2.86 bits per heavy atom. The molecule has 1 unspecified atom stereocenters. The smallest absolute Gasteiger partial charge is 0.246 e. The highest BCUT2D eigenvalue weighted by atomic mass is 16.5. The summed E-state index contributed by atoms with van der Waals surface area (Å²) in [6.07, 6.45) is 9.03. The number of aromatic nitrogens is 2. The number of methoxy groups -OCH3 is 1. The van der Waals surface area contributed by atoms with Gasteiger partial charge in [-0.2, -0.15) is 0 Å². The molecule has 1 N–H and O–H groups in total. The molecule has 6 nitrogen and oxygen atoms in total. The average molecular weight is 290 g/mol. The molecular weight excluding hydrogens is 268 g/mol. The molecule has 21 heavy (non-hydrogen) atoms. The van der Waals surface area contributed by atoms with Crippen molar-refractivity contribution in [2.24, 2.45) is 0 Å². The minimum atomic E-state index is -0.0265. The molecule has 1 aromatic rings. The molecule has 114 valence electrons. The number of rotatable bonds is 4. The second-order valence-electron chi connectivity index (χ2n) is 5.97. The topological polar surface area (TPSA) is 67.3 Å². The Kier molecular flexibility index (Phi) is 4.05. The van der Waals surface area contributed by atoms with Gasteiger partial charge in [0, 0.05) is 37.6 Å². The predicted molar refractivity (Wildman–Crippen MR) is 79.0 cm³/mol. The van der Waals surface area contributed by atoms with Gasteiger partial charge in [0.05, 0.1) is 0 Å². The molecule has 1 aliphatic heterocycles. The van der Waals surface area contributed by atoms with Crippen LogP contribution in [0.15, 0.2) is 18.5 Å². The Morgan fingerprint density at radius 1 is 1.48 bits per heavy atom. The molecule has 3 rings (SSSR count). The third-order valence-electron chi connectivity index (χ3n) is 4.62. The number of hydrogen-bond acceptors (Lipinski definition) is 5. The van der Waals surface area contributed by atoms with Gasteiger partial charge in [-0.3, -0.25) is 4.79 Å².